The van der Waals surface area contributed by atoms with E-state index in [1.54, 1.807) is 31.5 Å². The summed E-state index contributed by atoms with van der Waals surface area (Å²) >= 11 is 1.30. The number of likely N-dealkylation sites (tertiary alicyclic amines) is 1. The number of carbonyl (C=O) groups excluding carboxylic acids is 1. The second-order valence-electron chi connectivity index (χ2n) is 10.1. The van der Waals surface area contributed by atoms with Crippen molar-refractivity contribution in [1.29, 1.82) is 0 Å². The van der Waals surface area contributed by atoms with Crippen molar-refractivity contribution in [1.82, 2.24) is 19.9 Å². The van der Waals surface area contributed by atoms with E-state index in [2.05, 4.69) is 30.5 Å². The van der Waals surface area contributed by atoms with Gasteiger partial charge in [-0.25, -0.2) is 23.9 Å². The average molecular weight is 647 g/mol. The van der Waals surface area contributed by atoms with Crippen LogP contribution in [0, 0.1) is 5.82 Å². The molecule has 4 N–H and O–H groups in total. The van der Waals surface area contributed by atoms with Crippen molar-refractivity contribution in [3.63, 3.8) is 0 Å². The fourth-order valence-corrected chi connectivity index (χ4v) is 6.23. The number of methoxy groups -OCH3 is 1. The second-order valence-corrected chi connectivity index (χ2v) is 12.4. The molecule has 5 rings (SSSR count). The highest BCUT2D eigenvalue weighted by molar-refractivity contribution is 7.46. The van der Waals surface area contributed by atoms with Gasteiger partial charge in [0.05, 0.1) is 31.8 Å². The number of aromatic nitrogens is 3. The van der Waals surface area contributed by atoms with Gasteiger partial charge in [-0.1, -0.05) is 6.07 Å². The smallest absolute Gasteiger partial charge is 0.469 e. The normalized spacial score (nSPS) is 14.5. The van der Waals surface area contributed by atoms with Crippen LogP contribution in [-0.4, -0.2) is 75.0 Å². The molecule has 3 heterocycles. The van der Waals surface area contributed by atoms with Gasteiger partial charge in [-0.15, -0.1) is 11.3 Å². The first-order chi connectivity index (χ1) is 21.1. The van der Waals surface area contributed by atoms with E-state index in [4.69, 9.17) is 23.8 Å². The molecule has 0 atom stereocenters. The molecule has 4 aromatic rings. The molecule has 44 heavy (non-hydrogen) atoms. The van der Waals surface area contributed by atoms with Crippen LogP contribution in [0.15, 0.2) is 48.9 Å². The van der Waals surface area contributed by atoms with E-state index in [-0.39, 0.29) is 12.3 Å². The Balaban J connectivity index is 1.15. The minimum absolute atomic E-state index is 0.0816. The fraction of sp³-hybridized carbons (Fsp3) is 0.357. The number of phosphoric ester groups is 1. The molecule has 1 fully saturated rings. The predicted molar refractivity (Wildman–Crippen MR) is 163 cm³/mol. The third-order valence-corrected chi connectivity index (χ3v) is 8.33. The molecule has 0 saturated carbocycles. The molecule has 0 bridgehead atoms. The summed E-state index contributed by atoms with van der Waals surface area (Å²) in [5.41, 5.74) is 1.02. The summed E-state index contributed by atoms with van der Waals surface area (Å²) in [7, 11) is -2.91. The Labute approximate surface area is 256 Å². The van der Waals surface area contributed by atoms with Crippen LogP contribution in [0.1, 0.15) is 24.1 Å². The number of halogens is 1. The van der Waals surface area contributed by atoms with Crippen molar-refractivity contribution in [2.45, 2.75) is 31.8 Å². The van der Waals surface area contributed by atoms with Gasteiger partial charge >= 0.3 is 7.82 Å². The Morgan fingerprint density at radius 2 is 1.98 bits per heavy atom. The number of nitrogens with one attached hydrogen (secondary N) is 2. The molecule has 1 aliphatic rings. The van der Waals surface area contributed by atoms with Gasteiger partial charge in [0.2, 0.25) is 5.91 Å². The highest BCUT2D eigenvalue weighted by Crippen LogP contribution is 2.40. The first-order valence-electron chi connectivity index (χ1n) is 13.8. The zero-order valence-electron chi connectivity index (χ0n) is 23.8. The van der Waals surface area contributed by atoms with E-state index in [0.717, 1.165) is 13.0 Å². The molecule has 0 aliphatic carbocycles. The van der Waals surface area contributed by atoms with E-state index < -0.39 is 19.7 Å². The van der Waals surface area contributed by atoms with Gasteiger partial charge in [0.25, 0.3) is 0 Å². The van der Waals surface area contributed by atoms with Gasteiger partial charge in [-0.3, -0.25) is 9.32 Å². The summed E-state index contributed by atoms with van der Waals surface area (Å²) in [6.45, 7) is 2.60. The summed E-state index contributed by atoms with van der Waals surface area (Å²) in [4.78, 5) is 46.5. The lowest BCUT2D eigenvalue weighted by atomic mass is 10.1. The van der Waals surface area contributed by atoms with Crippen molar-refractivity contribution < 1.29 is 37.5 Å². The van der Waals surface area contributed by atoms with Crippen LogP contribution >= 0.6 is 19.2 Å². The Bertz CT molecular complexity index is 1650. The number of hydrogen-bond donors (Lipinski definition) is 4. The Kier molecular flexibility index (Phi) is 10.4. The van der Waals surface area contributed by atoms with Crippen LogP contribution in [0.4, 0.5) is 21.0 Å². The highest BCUT2D eigenvalue weighted by Gasteiger charge is 2.26. The number of hydrogen-bond acceptors (Lipinski definition) is 11. The summed E-state index contributed by atoms with van der Waals surface area (Å²) < 4.78 is 40.9. The molecule has 0 radical (unpaired) electrons. The van der Waals surface area contributed by atoms with Gasteiger partial charge in [0.1, 0.15) is 18.0 Å². The van der Waals surface area contributed by atoms with Crippen LogP contribution in [0.2, 0.25) is 0 Å². The van der Waals surface area contributed by atoms with Gasteiger partial charge in [-0.05, 0) is 43.5 Å². The molecule has 234 valence electrons. The monoisotopic (exact) mass is 646 g/mol. The molecule has 2 aromatic carbocycles. The molecule has 13 nitrogen and oxygen atoms in total. The molecular formula is C28H32FN6O7PS. The summed E-state index contributed by atoms with van der Waals surface area (Å²) in [6, 6.07) is 9.29. The van der Waals surface area contributed by atoms with Crippen LogP contribution < -0.4 is 20.1 Å². The highest BCUT2D eigenvalue weighted by atomic mass is 32.1. The molecule has 1 amide bonds. The quantitative estimate of drug-likeness (QED) is 0.119. The summed E-state index contributed by atoms with van der Waals surface area (Å²) in [5.74, 6) is 0.853. The molecule has 0 unspecified atom stereocenters. The fourth-order valence-electron chi connectivity index (χ4n) is 4.82. The molecule has 0 spiro atoms. The standard InChI is InChI=1S/C28H32FN6O7PS/c1-40-24-14-22-23(15-25(24)41-11-3-8-35-9-6-20(7-10-35)42-43(37,38)39)31-17-32-27(22)34-28-30-16-21(44-28)13-26(36)33-19-5-2-4-18(29)12-19/h2,4-5,12,14-17,20H,3,6-11,13H2,1H3,(H,33,36)(H2,37,38,39)(H,30,31,32,34). The van der Waals surface area contributed by atoms with E-state index in [9.17, 15) is 13.8 Å². The van der Waals surface area contributed by atoms with E-state index >= 15 is 0 Å². The molecule has 16 heteroatoms. The third-order valence-electron chi connectivity index (χ3n) is 6.84. The number of fused-ring (bicyclic) bond motifs is 1. The van der Waals surface area contributed by atoms with Gasteiger partial charge < -0.3 is 34.8 Å². The number of amides is 1. The van der Waals surface area contributed by atoms with Gasteiger partial charge in [-0.2, -0.15) is 0 Å². The number of piperidine rings is 1. The molecular weight excluding hydrogens is 614 g/mol. The molecule has 1 aliphatic heterocycles. The van der Waals surface area contributed by atoms with Crippen LogP contribution in [0.3, 0.4) is 0 Å². The van der Waals surface area contributed by atoms with Crippen molar-refractivity contribution in [3.8, 4) is 11.5 Å². The number of anilines is 3. The number of rotatable bonds is 13. The van der Waals surface area contributed by atoms with Crippen LogP contribution in [0.5, 0.6) is 11.5 Å². The van der Waals surface area contributed by atoms with Crippen LogP contribution in [-0.2, 0) is 20.3 Å². The van der Waals surface area contributed by atoms with Gasteiger partial charge in [0.15, 0.2) is 16.6 Å². The lowest BCUT2D eigenvalue weighted by Gasteiger charge is -2.31. The minimum Gasteiger partial charge on any atom is -0.493 e. The number of ether oxygens (including phenoxy) is 2. The first-order valence-corrected chi connectivity index (χ1v) is 16.2. The number of benzene rings is 2. The van der Waals surface area contributed by atoms with Crippen LogP contribution in [0.25, 0.3) is 10.9 Å². The first kappa shape index (κ1) is 31.7. The average Bonchev–Trinajstić information content (AvgIpc) is 3.41. The second kappa shape index (κ2) is 14.4. The maximum Gasteiger partial charge on any atom is 0.469 e. The number of thiazole rings is 1. The van der Waals surface area contributed by atoms with E-state index in [0.29, 0.717) is 76.5 Å². The maximum absolute atomic E-state index is 13.4. The Morgan fingerprint density at radius 3 is 2.73 bits per heavy atom. The maximum atomic E-state index is 13.4. The number of phosphoric acid groups is 1. The Morgan fingerprint density at radius 1 is 1.16 bits per heavy atom. The molecule has 2 aromatic heterocycles. The largest absolute Gasteiger partial charge is 0.493 e. The number of carbonyl (C=O) groups is 1. The Hall–Kier alpha value is -3.72. The van der Waals surface area contributed by atoms with Crippen molar-refractivity contribution in [2.75, 3.05) is 44.0 Å². The van der Waals surface area contributed by atoms with Crippen molar-refractivity contribution >= 4 is 52.6 Å². The zero-order valence-corrected chi connectivity index (χ0v) is 25.5. The molecule has 1 saturated heterocycles. The van der Waals surface area contributed by atoms with Crippen molar-refractivity contribution in [3.05, 3.63) is 59.6 Å². The van der Waals surface area contributed by atoms with E-state index in [1.165, 1.54) is 35.9 Å². The third kappa shape index (κ3) is 8.91. The summed E-state index contributed by atoms with van der Waals surface area (Å²) in [5, 5.41) is 7.10. The SMILES string of the molecule is COc1cc2c(Nc3ncc(CC(=O)Nc4cccc(F)c4)s3)ncnc2cc1OCCCN1CCC(OP(=O)(O)O)CC1. The topological polar surface area (TPSA) is 168 Å². The van der Waals surface area contributed by atoms with E-state index in [1.807, 2.05) is 0 Å². The van der Waals surface area contributed by atoms with Gasteiger partial charge in [0, 0.05) is 47.8 Å². The zero-order chi connectivity index (χ0) is 31.1. The lowest BCUT2D eigenvalue weighted by Crippen LogP contribution is -2.37. The predicted octanol–water partition coefficient (Wildman–Crippen LogP) is 4.50. The van der Waals surface area contributed by atoms with Crippen molar-refractivity contribution in [2.24, 2.45) is 0 Å². The number of nitrogens with zero attached hydrogens (tertiary/aromatic N) is 4. The summed E-state index contributed by atoms with van der Waals surface area (Å²) in [6.07, 6.45) is 4.56. The lowest BCUT2D eigenvalue weighted by molar-refractivity contribution is -0.115. The minimum atomic E-state index is -4.46.